The topological polar surface area (TPSA) is 64.8 Å². The second-order valence-electron chi connectivity index (χ2n) is 5.26. The lowest BCUT2D eigenvalue weighted by Crippen LogP contribution is -2.44. The van der Waals surface area contributed by atoms with Crippen molar-refractivity contribution in [2.75, 3.05) is 33.0 Å². The lowest BCUT2D eigenvalue weighted by molar-refractivity contribution is 0.0754. The Morgan fingerprint density at radius 1 is 1.19 bits per heavy atom. The van der Waals surface area contributed by atoms with Crippen LogP contribution < -0.4 is 15.2 Å². The molecule has 2 atom stereocenters. The minimum absolute atomic E-state index is 0.0487. The number of nitrogen functional groups attached to an aromatic ring is 1. The molecule has 2 N–H and O–H groups in total. The van der Waals surface area contributed by atoms with Crippen LogP contribution in [0.15, 0.2) is 12.1 Å². The Balaban J connectivity index is 2.30. The maximum Gasteiger partial charge on any atom is 0.256 e. The Morgan fingerprint density at radius 2 is 1.71 bits per heavy atom. The predicted molar refractivity (Wildman–Crippen MR) is 86.4 cm³/mol. The highest BCUT2D eigenvalue weighted by atomic mass is 32.2. The summed E-state index contributed by atoms with van der Waals surface area (Å²) >= 11 is 1.91. The highest BCUT2D eigenvalue weighted by Gasteiger charge is 2.28. The van der Waals surface area contributed by atoms with Gasteiger partial charge in [-0.15, -0.1) is 0 Å². The number of nitrogens with zero attached hydrogens (tertiary/aromatic N) is 1. The van der Waals surface area contributed by atoms with Crippen molar-refractivity contribution in [3.8, 4) is 11.5 Å². The zero-order chi connectivity index (χ0) is 15.6. The quantitative estimate of drug-likeness (QED) is 0.868. The third-order valence-corrected chi connectivity index (χ3v) is 4.72. The SMILES string of the molecule is COc1cc(N)c(C(=O)N2CC(C)SC(C)C2)cc1OC. The Labute approximate surface area is 129 Å². The predicted octanol–water partition coefficient (Wildman–Crippen LogP) is 2.25. The van der Waals surface area contributed by atoms with E-state index in [2.05, 4.69) is 13.8 Å². The van der Waals surface area contributed by atoms with Crippen molar-refractivity contribution in [2.45, 2.75) is 24.3 Å². The molecule has 5 nitrogen and oxygen atoms in total. The van der Waals surface area contributed by atoms with Crippen LogP contribution >= 0.6 is 11.8 Å². The first-order chi connectivity index (χ1) is 9.96. The van der Waals surface area contributed by atoms with Gasteiger partial charge in [-0.3, -0.25) is 4.79 Å². The Kier molecular flexibility index (Phi) is 4.88. The molecule has 1 saturated heterocycles. The second kappa shape index (κ2) is 6.47. The van der Waals surface area contributed by atoms with Gasteiger partial charge in [0.1, 0.15) is 0 Å². The lowest BCUT2D eigenvalue weighted by Gasteiger charge is -2.35. The molecule has 2 rings (SSSR count). The molecule has 0 saturated carbocycles. The number of rotatable bonds is 3. The first-order valence-corrected chi connectivity index (χ1v) is 7.86. The average Bonchev–Trinajstić information content (AvgIpc) is 2.45. The van der Waals surface area contributed by atoms with E-state index in [-0.39, 0.29) is 5.91 Å². The molecule has 1 aromatic carbocycles. The van der Waals surface area contributed by atoms with Crippen LogP contribution in [0, 0.1) is 0 Å². The molecule has 6 heteroatoms. The van der Waals surface area contributed by atoms with Gasteiger partial charge in [-0.25, -0.2) is 0 Å². The monoisotopic (exact) mass is 310 g/mol. The van der Waals surface area contributed by atoms with Gasteiger partial charge in [0.25, 0.3) is 5.91 Å². The third kappa shape index (κ3) is 3.37. The maximum absolute atomic E-state index is 12.7. The van der Waals surface area contributed by atoms with Crippen molar-refractivity contribution in [3.63, 3.8) is 0 Å². The van der Waals surface area contributed by atoms with E-state index >= 15 is 0 Å². The number of anilines is 1. The number of methoxy groups -OCH3 is 2. The number of ether oxygens (including phenoxy) is 2. The number of carbonyl (C=O) groups excluding carboxylic acids is 1. The first kappa shape index (κ1) is 15.8. The van der Waals surface area contributed by atoms with Crippen LogP contribution in [0.25, 0.3) is 0 Å². The fraction of sp³-hybridized carbons (Fsp3) is 0.533. The van der Waals surface area contributed by atoms with Gasteiger partial charge in [0.2, 0.25) is 0 Å². The Hall–Kier alpha value is -1.56. The summed E-state index contributed by atoms with van der Waals surface area (Å²) in [4.78, 5) is 14.6. The normalized spacial score (nSPS) is 22.0. The third-order valence-electron chi connectivity index (χ3n) is 3.49. The summed E-state index contributed by atoms with van der Waals surface area (Å²) in [6.45, 7) is 5.75. The highest BCUT2D eigenvalue weighted by molar-refractivity contribution is 8.00. The number of benzene rings is 1. The van der Waals surface area contributed by atoms with Gasteiger partial charge in [-0.05, 0) is 6.07 Å². The molecule has 0 spiro atoms. The molecular weight excluding hydrogens is 288 g/mol. The Bertz CT molecular complexity index is 526. The fourth-order valence-electron chi connectivity index (χ4n) is 2.59. The molecule has 21 heavy (non-hydrogen) atoms. The van der Waals surface area contributed by atoms with Crippen molar-refractivity contribution in [2.24, 2.45) is 0 Å². The molecule has 0 aliphatic carbocycles. The lowest BCUT2D eigenvalue weighted by atomic mass is 10.1. The summed E-state index contributed by atoms with van der Waals surface area (Å²) in [7, 11) is 3.09. The van der Waals surface area contributed by atoms with Crippen molar-refractivity contribution in [1.29, 1.82) is 0 Å². The zero-order valence-corrected chi connectivity index (χ0v) is 13.7. The largest absolute Gasteiger partial charge is 0.493 e. The van der Waals surface area contributed by atoms with Gasteiger partial charge in [0.15, 0.2) is 11.5 Å². The van der Waals surface area contributed by atoms with Crippen LogP contribution in [-0.2, 0) is 0 Å². The molecule has 116 valence electrons. The summed E-state index contributed by atoms with van der Waals surface area (Å²) in [5.41, 5.74) is 6.89. The number of amides is 1. The van der Waals surface area contributed by atoms with Crippen LogP contribution in [0.5, 0.6) is 11.5 Å². The molecule has 1 aromatic rings. The van der Waals surface area contributed by atoms with E-state index in [1.54, 1.807) is 26.4 Å². The molecular formula is C15H22N2O3S. The number of carbonyl (C=O) groups is 1. The van der Waals surface area contributed by atoms with E-state index < -0.39 is 0 Å². The van der Waals surface area contributed by atoms with Crippen LogP contribution in [-0.4, -0.2) is 48.6 Å². The van der Waals surface area contributed by atoms with Crippen molar-refractivity contribution >= 4 is 23.4 Å². The molecule has 0 radical (unpaired) electrons. The molecule has 0 bridgehead atoms. The Morgan fingerprint density at radius 3 is 2.24 bits per heavy atom. The van der Waals surface area contributed by atoms with Crippen molar-refractivity contribution in [3.05, 3.63) is 17.7 Å². The molecule has 1 heterocycles. The van der Waals surface area contributed by atoms with Gasteiger partial charge in [-0.1, -0.05) is 13.8 Å². The highest BCUT2D eigenvalue weighted by Crippen LogP contribution is 2.33. The zero-order valence-electron chi connectivity index (χ0n) is 12.9. The van der Waals surface area contributed by atoms with Gasteiger partial charge >= 0.3 is 0 Å². The standard InChI is InChI=1S/C15H22N2O3S/c1-9-7-17(8-10(2)21-9)15(18)11-5-13(19-3)14(20-4)6-12(11)16/h5-6,9-10H,7-8,16H2,1-4H3. The molecule has 1 amide bonds. The minimum atomic E-state index is -0.0487. The second-order valence-corrected chi connectivity index (χ2v) is 7.14. The van der Waals surface area contributed by atoms with Crippen molar-refractivity contribution in [1.82, 2.24) is 4.90 Å². The average molecular weight is 310 g/mol. The number of thioether (sulfide) groups is 1. The van der Waals surface area contributed by atoms with Gasteiger partial charge < -0.3 is 20.1 Å². The molecule has 0 aromatic heterocycles. The maximum atomic E-state index is 12.7. The van der Waals surface area contributed by atoms with Crippen LogP contribution in [0.2, 0.25) is 0 Å². The fourth-order valence-corrected chi connectivity index (χ4v) is 3.92. The van der Waals surface area contributed by atoms with Gasteiger partial charge in [0.05, 0.1) is 19.8 Å². The van der Waals surface area contributed by atoms with Crippen LogP contribution in [0.1, 0.15) is 24.2 Å². The number of hydrogen-bond donors (Lipinski definition) is 1. The summed E-state index contributed by atoms with van der Waals surface area (Å²) in [5, 5.41) is 0.859. The number of nitrogens with two attached hydrogens (primary N) is 1. The van der Waals surface area contributed by atoms with Crippen LogP contribution in [0.4, 0.5) is 5.69 Å². The summed E-state index contributed by atoms with van der Waals surface area (Å²) in [6, 6.07) is 3.30. The summed E-state index contributed by atoms with van der Waals surface area (Å²) in [6.07, 6.45) is 0. The summed E-state index contributed by atoms with van der Waals surface area (Å²) in [5.74, 6) is 0.998. The van der Waals surface area contributed by atoms with Crippen molar-refractivity contribution < 1.29 is 14.3 Å². The molecule has 2 unspecified atom stereocenters. The molecule has 1 aliphatic rings. The van der Waals surface area contributed by atoms with E-state index in [9.17, 15) is 4.79 Å². The first-order valence-electron chi connectivity index (χ1n) is 6.92. The van der Waals surface area contributed by atoms with Crippen LogP contribution in [0.3, 0.4) is 0 Å². The number of hydrogen-bond acceptors (Lipinski definition) is 5. The minimum Gasteiger partial charge on any atom is -0.493 e. The van der Waals surface area contributed by atoms with E-state index in [1.165, 1.54) is 0 Å². The smallest absolute Gasteiger partial charge is 0.256 e. The van der Waals surface area contributed by atoms with Gasteiger partial charge in [-0.2, -0.15) is 11.8 Å². The van der Waals surface area contributed by atoms with E-state index in [0.29, 0.717) is 33.2 Å². The van der Waals surface area contributed by atoms with E-state index in [4.69, 9.17) is 15.2 Å². The van der Waals surface area contributed by atoms with Gasteiger partial charge in [0, 0.05) is 35.3 Å². The van der Waals surface area contributed by atoms with E-state index in [0.717, 1.165) is 13.1 Å². The molecule has 1 fully saturated rings. The summed E-state index contributed by atoms with van der Waals surface area (Å²) < 4.78 is 10.5. The van der Waals surface area contributed by atoms with E-state index in [1.807, 2.05) is 16.7 Å². The molecule has 1 aliphatic heterocycles.